The van der Waals surface area contributed by atoms with Gasteiger partial charge in [0.15, 0.2) is 0 Å². The number of ether oxygens (including phenoxy) is 1. The number of benzene rings is 3. The molecule has 0 fully saturated rings. The van der Waals surface area contributed by atoms with Crippen LogP contribution in [0.25, 0.3) is 0 Å². The SMILES string of the molecule is COc1ccc(N(Cc2cnc(Cl)nc2Cl)C(=O)NC(C)(O[Si])C(c2ccccc2)(c2ccccc2)C(C)(C)C)cc1. The molecular weight excluding hydrogens is 587 g/mol. The summed E-state index contributed by atoms with van der Waals surface area (Å²) in [6.45, 7) is 8.33. The van der Waals surface area contributed by atoms with Gasteiger partial charge in [0, 0.05) is 17.4 Å². The van der Waals surface area contributed by atoms with Gasteiger partial charge in [-0.05, 0) is 59.3 Å². The minimum absolute atomic E-state index is 0.0184. The second-order valence-corrected chi connectivity index (χ2v) is 11.9. The van der Waals surface area contributed by atoms with Crippen LogP contribution in [0.1, 0.15) is 44.4 Å². The summed E-state index contributed by atoms with van der Waals surface area (Å²) in [5.41, 5.74) is 0.365. The maximum atomic E-state index is 14.5. The van der Waals surface area contributed by atoms with Gasteiger partial charge in [-0.25, -0.2) is 14.8 Å². The van der Waals surface area contributed by atoms with Crippen LogP contribution in [-0.2, 0) is 16.4 Å². The molecule has 0 spiro atoms. The van der Waals surface area contributed by atoms with Crippen LogP contribution in [-0.4, -0.2) is 39.3 Å². The molecule has 1 unspecified atom stereocenters. The minimum Gasteiger partial charge on any atom is -0.497 e. The zero-order valence-electron chi connectivity index (χ0n) is 24.2. The third-order valence-corrected chi connectivity index (χ3v) is 8.46. The number of carbonyl (C=O) groups excluding carboxylic acids is 1. The number of nitrogens with one attached hydrogen (secondary N) is 1. The number of hydrogen-bond acceptors (Lipinski definition) is 5. The fourth-order valence-corrected chi connectivity index (χ4v) is 6.40. The van der Waals surface area contributed by atoms with Crippen molar-refractivity contribution in [1.29, 1.82) is 0 Å². The molecule has 2 amide bonds. The topological polar surface area (TPSA) is 76.6 Å². The summed E-state index contributed by atoms with van der Waals surface area (Å²) >= 11 is 12.4. The molecule has 42 heavy (non-hydrogen) atoms. The Labute approximate surface area is 260 Å². The predicted octanol–water partition coefficient (Wildman–Crippen LogP) is 7.36. The molecular formula is C32H33Cl2N4O3Si. The van der Waals surface area contributed by atoms with E-state index in [0.29, 0.717) is 17.0 Å². The van der Waals surface area contributed by atoms with E-state index in [0.717, 1.165) is 11.1 Å². The predicted molar refractivity (Wildman–Crippen MR) is 168 cm³/mol. The lowest BCUT2D eigenvalue weighted by molar-refractivity contribution is -0.0440. The molecule has 0 aliphatic heterocycles. The van der Waals surface area contributed by atoms with Gasteiger partial charge in [-0.2, -0.15) is 0 Å². The Morgan fingerprint density at radius 2 is 1.45 bits per heavy atom. The van der Waals surface area contributed by atoms with E-state index in [1.54, 1.807) is 36.3 Å². The lowest BCUT2D eigenvalue weighted by Gasteiger charge is -2.56. The van der Waals surface area contributed by atoms with Gasteiger partial charge in [0.2, 0.25) is 15.8 Å². The molecule has 1 aromatic heterocycles. The van der Waals surface area contributed by atoms with Crippen LogP contribution in [0.2, 0.25) is 10.4 Å². The van der Waals surface area contributed by atoms with Crippen LogP contribution in [0.4, 0.5) is 10.5 Å². The molecule has 1 heterocycles. The summed E-state index contributed by atoms with van der Waals surface area (Å²) in [6, 6.07) is 26.8. The van der Waals surface area contributed by atoms with Gasteiger partial charge in [-0.1, -0.05) is 93.0 Å². The smallest absolute Gasteiger partial charge is 0.324 e. The molecule has 7 nitrogen and oxygen atoms in total. The van der Waals surface area contributed by atoms with Crippen molar-refractivity contribution < 1.29 is 14.0 Å². The van der Waals surface area contributed by atoms with Crippen molar-refractivity contribution in [2.75, 3.05) is 12.0 Å². The maximum absolute atomic E-state index is 14.5. The zero-order valence-corrected chi connectivity index (χ0v) is 26.7. The van der Waals surface area contributed by atoms with Crippen molar-refractivity contribution in [3.63, 3.8) is 0 Å². The van der Waals surface area contributed by atoms with Gasteiger partial charge in [-0.15, -0.1) is 0 Å². The molecule has 3 radical (unpaired) electrons. The van der Waals surface area contributed by atoms with Crippen molar-refractivity contribution >= 4 is 45.4 Å². The quantitative estimate of drug-likeness (QED) is 0.0916. The van der Waals surface area contributed by atoms with E-state index in [4.69, 9.17) is 32.4 Å². The van der Waals surface area contributed by atoms with Gasteiger partial charge in [0.05, 0.1) is 19.1 Å². The number of carbonyl (C=O) groups is 1. The first-order valence-electron chi connectivity index (χ1n) is 13.3. The minimum atomic E-state index is -1.33. The highest BCUT2D eigenvalue weighted by Gasteiger charge is 2.59. The van der Waals surface area contributed by atoms with Crippen LogP contribution in [0, 0.1) is 5.41 Å². The normalized spacial score (nSPS) is 13.2. The lowest BCUT2D eigenvalue weighted by Crippen LogP contribution is -2.68. The summed E-state index contributed by atoms with van der Waals surface area (Å²) in [5.74, 6) is 0.653. The first-order chi connectivity index (χ1) is 20.0. The molecule has 3 aromatic carbocycles. The molecule has 0 saturated heterocycles. The molecule has 1 N–H and O–H groups in total. The number of halogens is 2. The molecule has 4 rings (SSSR count). The molecule has 0 saturated carbocycles. The first kappa shape index (κ1) is 31.5. The van der Waals surface area contributed by atoms with Crippen LogP contribution in [0.3, 0.4) is 0 Å². The summed E-state index contributed by atoms with van der Waals surface area (Å²) in [6.07, 6.45) is 1.51. The highest BCUT2D eigenvalue weighted by atomic mass is 35.5. The first-order valence-corrected chi connectivity index (χ1v) is 14.5. The number of anilines is 1. The van der Waals surface area contributed by atoms with Crippen molar-refractivity contribution in [3.05, 3.63) is 118 Å². The molecule has 0 bridgehead atoms. The van der Waals surface area contributed by atoms with E-state index < -0.39 is 22.6 Å². The van der Waals surface area contributed by atoms with Crippen molar-refractivity contribution in [3.8, 4) is 5.75 Å². The van der Waals surface area contributed by atoms with E-state index >= 15 is 0 Å². The Hall–Kier alpha value is -3.43. The van der Waals surface area contributed by atoms with Crippen LogP contribution >= 0.6 is 23.2 Å². The number of nitrogens with zero attached hydrogens (tertiary/aromatic N) is 3. The Bertz CT molecular complexity index is 1460. The molecule has 217 valence electrons. The number of rotatable bonds is 9. The summed E-state index contributed by atoms with van der Waals surface area (Å²) in [5, 5.41) is 3.41. The van der Waals surface area contributed by atoms with E-state index in [2.05, 4.69) is 70.8 Å². The van der Waals surface area contributed by atoms with Gasteiger partial charge < -0.3 is 14.5 Å². The zero-order chi connectivity index (χ0) is 30.5. The largest absolute Gasteiger partial charge is 0.497 e. The molecule has 10 heteroatoms. The standard InChI is InChI=1S/C32H33Cl2N4O3Si/c1-30(2,3)32(23-12-8-6-9-13-23,24-14-10-7-11-15-24)31(4,41-42)37-29(39)38(25-16-18-26(40-5)19-17-25)21-22-20-35-28(34)36-27(22)33/h6-20H,21H2,1-5H3,(H,37,39). The number of aromatic nitrogens is 2. The molecule has 4 aromatic rings. The summed E-state index contributed by atoms with van der Waals surface area (Å²) in [4.78, 5) is 24.1. The second kappa shape index (κ2) is 12.8. The van der Waals surface area contributed by atoms with E-state index in [-0.39, 0.29) is 17.0 Å². The van der Waals surface area contributed by atoms with Crippen LogP contribution in [0.15, 0.2) is 91.1 Å². The van der Waals surface area contributed by atoms with Crippen molar-refractivity contribution in [2.24, 2.45) is 5.41 Å². The Morgan fingerprint density at radius 3 is 1.90 bits per heavy atom. The van der Waals surface area contributed by atoms with Crippen molar-refractivity contribution in [1.82, 2.24) is 15.3 Å². The lowest BCUT2D eigenvalue weighted by atomic mass is 9.54. The number of methoxy groups -OCH3 is 1. The van der Waals surface area contributed by atoms with E-state index in [1.165, 1.54) is 6.20 Å². The maximum Gasteiger partial charge on any atom is 0.324 e. The highest BCUT2D eigenvalue weighted by Crippen LogP contribution is 2.54. The van der Waals surface area contributed by atoms with Gasteiger partial charge in [-0.3, -0.25) is 4.90 Å². The second-order valence-electron chi connectivity index (χ2n) is 11.0. The van der Waals surface area contributed by atoms with E-state index in [1.807, 2.05) is 43.3 Å². The Balaban J connectivity index is 1.88. The summed E-state index contributed by atoms with van der Waals surface area (Å²) < 4.78 is 11.5. The highest BCUT2D eigenvalue weighted by molar-refractivity contribution is 6.32. The molecule has 1 atom stereocenters. The average molecular weight is 621 g/mol. The third kappa shape index (κ3) is 6.03. The Kier molecular flexibility index (Phi) is 9.62. The fourth-order valence-electron chi connectivity index (χ4n) is 5.83. The van der Waals surface area contributed by atoms with Gasteiger partial charge in [0.25, 0.3) is 0 Å². The fraction of sp³-hybridized carbons (Fsp3) is 0.281. The van der Waals surface area contributed by atoms with Crippen LogP contribution in [0.5, 0.6) is 5.75 Å². The third-order valence-electron chi connectivity index (χ3n) is 7.54. The van der Waals surface area contributed by atoms with E-state index in [9.17, 15) is 4.79 Å². The van der Waals surface area contributed by atoms with Crippen molar-refractivity contribution in [2.45, 2.75) is 45.4 Å². The average Bonchev–Trinajstić information content (AvgIpc) is 2.97. The molecule has 0 aliphatic rings. The number of urea groups is 1. The molecule has 0 aliphatic carbocycles. The Morgan fingerprint density at radius 1 is 0.905 bits per heavy atom. The monoisotopic (exact) mass is 619 g/mol. The van der Waals surface area contributed by atoms with Gasteiger partial charge >= 0.3 is 6.03 Å². The van der Waals surface area contributed by atoms with Crippen LogP contribution < -0.4 is 15.0 Å². The number of hydrogen-bond donors (Lipinski definition) is 1. The summed E-state index contributed by atoms with van der Waals surface area (Å²) in [7, 11) is 4.98. The number of amides is 2. The van der Waals surface area contributed by atoms with Gasteiger partial charge in [0.1, 0.15) is 16.6 Å².